The van der Waals surface area contributed by atoms with E-state index < -0.39 is 0 Å². The number of ether oxygens (including phenoxy) is 1. The van der Waals surface area contributed by atoms with Gasteiger partial charge in [0.25, 0.3) is 0 Å². The highest BCUT2D eigenvalue weighted by atomic mass is 32.1. The van der Waals surface area contributed by atoms with Crippen molar-refractivity contribution in [1.82, 2.24) is 15.0 Å². The molecule has 1 saturated heterocycles. The first kappa shape index (κ1) is 17.9. The van der Waals surface area contributed by atoms with Gasteiger partial charge in [-0.1, -0.05) is 29.4 Å². The molecule has 140 valence electrons. The third kappa shape index (κ3) is 4.61. The maximum Gasteiger partial charge on any atom is 0.240 e. The van der Waals surface area contributed by atoms with Gasteiger partial charge in [0.05, 0.1) is 11.4 Å². The smallest absolute Gasteiger partial charge is 0.240 e. The molecule has 2 aromatic heterocycles. The van der Waals surface area contributed by atoms with Gasteiger partial charge in [0.1, 0.15) is 5.75 Å². The molecular weight excluding hydrogens is 362 g/mol. The van der Waals surface area contributed by atoms with E-state index in [4.69, 9.17) is 9.26 Å². The van der Waals surface area contributed by atoms with Crippen molar-refractivity contribution in [3.8, 4) is 5.75 Å². The number of likely N-dealkylation sites (tertiary alicyclic amines) is 1. The predicted octanol–water partition coefficient (Wildman–Crippen LogP) is 3.81. The van der Waals surface area contributed by atoms with Crippen molar-refractivity contribution in [1.29, 1.82) is 0 Å². The Morgan fingerprint density at radius 1 is 1.26 bits per heavy atom. The van der Waals surface area contributed by atoms with Gasteiger partial charge < -0.3 is 9.26 Å². The van der Waals surface area contributed by atoms with Crippen LogP contribution in [0.1, 0.15) is 34.2 Å². The van der Waals surface area contributed by atoms with Crippen molar-refractivity contribution in [3.05, 3.63) is 64.4 Å². The highest BCUT2D eigenvalue weighted by molar-refractivity contribution is 7.12. The van der Waals surface area contributed by atoms with Gasteiger partial charge in [0.2, 0.25) is 11.7 Å². The summed E-state index contributed by atoms with van der Waals surface area (Å²) >= 11 is 1.51. The van der Waals surface area contributed by atoms with Crippen LogP contribution < -0.4 is 4.74 Å². The van der Waals surface area contributed by atoms with Crippen LogP contribution in [0.5, 0.6) is 5.75 Å². The van der Waals surface area contributed by atoms with Crippen LogP contribution >= 0.6 is 11.3 Å². The van der Waals surface area contributed by atoms with Crippen molar-refractivity contribution >= 4 is 17.1 Å². The van der Waals surface area contributed by atoms with E-state index in [1.54, 1.807) is 0 Å². The number of thiophene rings is 1. The van der Waals surface area contributed by atoms with E-state index in [0.717, 1.165) is 36.6 Å². The molecule has 7 heteroatoms. The predicted molar refractivity (Wildman–Crippen MR) is 102 cm³/mol. The van der Waals surface area contributed by atoms with Crippen molar-refractivity contribution in [2.45, 2.75) is 26.0 Å². The molecular formula is C20H21N3O3S. The first-order valence-electron chi connectivity index (χ1n) is 9.07. The minimum atomic E-state index is 0.0428. The zero-order valence-corrected chi connectivity index (χ0v) is 15.7. The maximum atomic E-state index is 12.6. The number of carbonyl (C=O) groups excluding carboxylic acids is 1. The highest BCUT2D eigenvalue weighted by Gasteiger charge is 2.28. The summed E-state index contributed by atoms with van der Waals surface area (Å²) in [6, 6.07) is 13.4. The number of hydrogen-bond donors (Lipinski definition) is 0. The molecule has 0 unspecified atom stereocenters. The van der Waals surface area contributed by atoms with Gasteiger partial charge in [0.15, 0.2) is 12.4 Å². The monoisotopic (exact) mass is 383 g/mol. The van der Waals surface area contributed by atoms with Crippen molar-refractivity contribution in [2.24, 2.45) is 5.92 Å². The lowest BCUT2D eigenvalue weighted by atomic mass is 9.93. The molecule has 3 aromatic rings. The summed E-state index contributed by atoms with van der Waals surface area (Å²) in [5.41, 5.74) is 0. The van der Waals surface area contributed by atoms with E-state index in [9.17, 15) is 4.79 Å². The van der Waals surface area contributed by atoms with E-state index in [2.05, 4.69) is 15.0 Å². The van der Waals surface area contributed by atoms with Crippen molar-refractivity contribution < 1.29 is 14.1 Å². The second-order valence-electron chi connectivity index (χ2n) is 6.62. The number of piperidine rings is 1. The first-order chi connectivity index (χ1) is 13.3. The van der Waals surface area contributed by atoms with Gasteiger partial charge in [0, 0.05) is 12.5 Å². The van der Waals surface area contributed by atoms with E-state index in [1.807, 2.05) is 47.8 Å². The fourth-order valence-electron chi connectivity index (χ4n) is 3.30. The summed E-state index contributed by atoms with van der Waals surface area (Å²) in [6.07, 6.45) is 1.94. The van der Waals surface area contributed by atoms with Crippen molar-refractivity contribution in [2.75, 3.05) is 13.1 Å². The highest BCUT2D eigenvalue weighted by Crippen LogP contribution is 2.24. The Bertz CT molecular complexity index is 864. The average molecular weight is 383 g/mol. The SMILES string of the molecule is O=C(c1cccs1)[C@H]1CCCN(Cc2nc(COc3ccccc3)no2)C1. The van der Waals surface area contributed by atoms with Gasteiger partial charge in [-0.2, -0.15) is 4.98 Å². The van der Waals surface area contributed by atoms with E-state index in [0.29, 0.717) is 18.3 Å². The zero-order valence-electron chi connectivity index (χ0n) is 14.9. The Balaban J connectivity index is 1.31. The summed E-state index contributed by atoms with van der Waals surface area (Å²) in [6.45, 7) is 2.50. The average Bonchev–Trinajstić information content (AvgIpc) is 3.39. The van der Waals surface area contributed by atoms with Gasteiger partial charge in [-0.15, -0.1) is 11.3 Å². The summed E-state index contributed by atoms with van der Waals surface area (Å²) < 4.78 is 11.0. The molecule has 0 radical (unpaired) electrons. The minimum Gasteiger partial charge on any atom is -0.485 e. The Labute approximate surface area is 161 Å². The number of carbonyl (C=O) groups is 1. The van der Waals surface area contributed by atoms with Crippen LogP contribution in [-0.4, -0.2) is 33.9 Å². The molecule has 6 nitrogen and oxygen atoms in total. The number of ketones is 1. The van der Waals surface area contributed by atoms with E-state index in [1.165, 1.54) is 11.3 Å². The molecule has 4 rings (SSSR count). The molecule has 0 aliphatic carbocycles. The molecule has 3 heterocycles. The second kappa shape index (κ2) is 8.45. The summed E-state index contributed by atoms with van der Waals surface area (Å²) in [5.74, 6) is 2.15. The summed E-state index contributed by atoms with van der Waals surface area (Å²) in [5, 5.41) is 5.94. The van der Waals surface area contributed by atoms with E-state index >= 15 is 0 Å². The Hall–Kier alpha value is -2.51. The second-order valence-corrected chi connectivity index (χ2v) is 7.57. The Morgan fingerprint density at radius 3 is 2.96 bits per heavy atom. The molecule has 0 amide bonds. The molecule has 0 spiro atoms. The molecule has 27 heavy (non-hydrogen) atoms. The molecule has 0 N–H and O–H groups in total. The maximum absolute atomic E-state index is 12.6. The van der Waals surface area contributed by atoms with Gasteiger partial charge >= 0.3 is 0 Å². The van der Waals surface area contributed by atoms with Crippen molar-refractivity contribution in [3.63, 3.8) is 0 Å². The lowest BCUT2D eigenvalue weighted by Gasteiger charge is -2.30. The first-order valence-corrected chi connectivity index (χ1v) is 9.95. The number of benzene rings is 1. The third-order valence-corrected chi connectivity index (χ3v) is 5.50. The van der Waals surface area contributed by atoms with Crippen LogP contribution in [0.3, 0.4) is 0 Å². The van der Waals surface area contributed by atoms with Gasteiger partial charge in [-0.3, -0.25) is 9.69 Å². The Morgan fingerprint density at radius 2 is 2.15 bits per heavy atom. The zero-order chi connectivity index (χ0) is 18.5. The number of aromatic nitrogens is 2. The molecule has 1 atom stereocenters. The number of para-hydroxylation sites is 1. The fraction of sp³-hybridized carbons (Fsp3) is 0.350. The summed E-state index contributed by atoms with van der Waals surface area (Å²) in [7, 11) is 0. The van der Waals surface area contributed by atoms with Gasteiger partial charge in [-0.25, -0.2) is 0 Å². The topological polar surface area (TPSA) is 68.5 Å². The van der Waals surface area contributed by atoms with Crippen LogP contribution in [0, 0.1) is 5.92 Å². The van der Waals surface area contributed by atoms with Crippen LogP contribution in [-0.2, 0) is 13.2 Å². The molecule has 1 aliphatic heterocycles. The summed E-state index contributed by atoms with van der Waals surface area (Å²) in [4.78, 5) is 20.1. The van der Waals surface area contributed by atoms with Crippen LogP contribution in [0.4, 0.5) is 0 Å². The number of nitrogens with zero attached hydrogens (tertiary/aromatic N) is 3. The molecule has 1 aromatic carbocycles. The Kier molecular flexibility index (Phi) is 5.60. The van der Waals surface area contributed by atoms with Crippen LogP contribution in [0.2, 0.25) is 0 Å². The number of Topliss-reactive ketones (excluding diaryl/α,β-unsaturated/α-hetero) is 1. The largest absolute Gasteiger partial charge is 0.485 e. The molecule has 0 saturated carbocycles. The lowest BCUT2D eigenvalue weighted by molar-refractivity contribution is 0.0801. The molecule has 1 aliphatic rings. The fourth-order valence-corrected chi connectivity index (χ4v) is 4.05. The molecule has 1 fully saturated rings. The number of rotatable bonds is 7. The standard InChI is InChI=1S/C20H21N3O3S/c24-20(17-9-5-11-27-17)15-6-4-10-23(12-15)13-19-21-18(22-26-19)14-25-16-7-2-1-3-8-16/h1-3,5,7-9,11,15H,4,6,10,12-14H2/t15-/m0/s1. The van der Waals surface area contributed by atoms with Crippen LogP contribution in [0.25, 0.3) is 0 Å². The number of hydrogen-bond acceptors (Lipinski definition) is 7. The molecule has 0 bridgehead atoms. The minimum absolute atomic E-state index is 0.0428. The van der Waals surface area contributed by atoms with Crippen LogP contribution in [0.15, 0.2) is 52.4 Å². The normalized spacial score (nSPS) is 17.7. The van der Waals surface area contributed by atoms with Gasteiger partial charge in [-0.05, 0) is 43.0 Å². The quantitative estimate of drug-likeness (QED) is 0.578. The third-order valence-electron chi connectivity index (χ3n) is 4.62. The van der Waals surface area contributed by atoms with E-state index in [-0.39, 0.29) is 18.3 Å². The lowest BCUT2D eigenvalue weighted by Crippen LogP contribution is -2.38.